The molecule has 4 rings (SSSR count). The lowest BCUT2D eigenvalue weighted by Gasteiger charge is -2.25. The predicted octanol–water partition coefficient (Wildman–Crippen LogP) is 2.87. The Labute approximate surface area is 133 Å². The molecule has 114 valence electrons. The maximum atomic E-state index is 12.9. The van der Waals surface area contributed by atoms with Crippen molar-refractivity contribution in [2.75, 3.05) is 4.90 Å². The van der Waals surface area contributed by atoms with Crippen LogP contribution in [-0.4, -0.2) is 23.0 Å². The Morgan fingerprint density at radius 3 is 2.14 bits per heavy atom. The first-order valence-electron chi connectivity index (χ1n) is 7.31. The number of nitrogens with zero attached hydrogens (tertiary/aromatic N) is 1. The van der Waals surface area contributed by atoms with Crippen LogP contribution in [0.5, 0.6) is 0 Å². The fraction of sp³-hybridized carbons (Fsp3) is 0.412. The Morgan fingerprint density at radius 1 is 1.09 bits per heavy atom. The summed E-state index contributed by atoms with van der Waals surface area (Å²) in [5.74, 6) is -1.33. The van der Waals surface area contributed by atoms with E-state index < -0.39 is 23.0 Å². The zero-order chi connectivity index (χ0) is 15.9. The second kappa shape index (κ2) is 4.00. The molecule has 2 bridgehead atoms. The lowest BCUT2D eigenvalue weighted by molar-refractivity contribution is -0.128. The fourth-order valence-electron chi connectivity index (χ4n) is 4.01. The van der Waals surface area contributed by atoms with Crippen molar-refractivity contribution in [1.82, 2.24) is 0 Å². The van der Waals surface area contributed by atoms with E-state index in [2.05, 4.69) is 0 Å². The predicted molar refractivity (Wildman–Crippen MR) is 82.7 cm³/mol. The van der Waals surface area contributed by atoms with Gasteiger partial charge in [-0.2, -0.15) is 0 Å². The van der Waals surface area contributed by atoms with E-state index >= 15 is 0 Å². The standard InChI is InChI=1S/C17H16ClNO3/c1-9-4-5-10(8-11(9)18)19-14(20)12-13(15(19)21)17(3)7-6-16(12,2)22-17/h4-8,12-13H,1-3H3/t12-,13+,16-,17-/m1/s1. The van der Waals surface area contributed by atoms with E-state index in [9.17, 15) is 9.59 Å². The molecular formula is C17H16ClNO3. The van der Waals surface area contributed by atoms with Gasteiger partial charge in [0.15, 0.2) is 0 Å². The maximum absolute atomic E-state index is 12.9. The first kappa shape index (κ1) is 14.0. The van der Waals surface area contributed by atoms with Crippen LogP contribution in [0.1, 0.15) is 19.4 Å². The molecule has 0 N–H and O–H groups in total. The van der Waals surface area contributed by atoms with Crippen LogP contribution in [0.4, 0.5) is 5.69 Å². The van der Waals surface area contributed by atoms with Crippen molar-refractivity contribution in [2.45, 2.75) is 32.0 Å². The average Bonchev–Trinajstić information content (AvgIpc) is 2.99. The molecule has 2 amide bonds. The molecular weight excluding hydrogens is 302 g/mol. The summed E-state index contributed by atoms with van der Waals surface area (Å²) in [6, 6.07) is 5.26. The largest absolute Gasteiger partial charge is 0.359 e. The number of aryl methyl sites for hydroxylation is 1. The summed E-state index contributed by atoms with van der Waals surface area (Å²) >= 11 is 6.15. The highest BCUT2D eigenvalue weighted by atomic mass is 35.5. The number of hydrogen-bond acceptors (Lipinski definition) is 3. The maximum Gasteiger partial charge on any atom is 0.241 e. The Hall–Kier alpha value is -1.65. The minimum Gasteiger partial charge on any atom is -0.359 e. The Morgan fingerprint density at radius 2 is 1.64 bits per heavy atom. The number of ether oxygens (including phenoxy) is 1. The number of amides is 2. The van der Waals surface area contributed by atoms with Crippen molar-refractivity contribution >= 4 is 29.1 Å². The minimum absolute atomic E-state index is 0.203. The molecule has 3 heterocycles. The zero-order valence-corrected chi connectivity index (χ0v) is 13.3. The molecule has 1 aromatic carbocycles. The van der Waals surface area contributed by atoms with E-state index in [-0.39, 0.29) is 11.8 Å². The highest BCUT2D eigenvalue weighted by molar-refractivity contribution is 6.32. The number of anilines is 1. The molecule has 0 unspecified atom stereocenters. The number of halogens is 1. The molecule has 0 saturated carbocycles. The van der Waals surface area contributed by atoms with E-state index in [1.807, 2.05) is 39.0 Å². The van der Waals surface area contributed by atoms with E-state index in [0.717, 1.165) is 5.56 Å². The summed E-state index contributed by atoms with van der Waals surface area (Å²) in [6.45, 7) is 5.63. The van der Waals surface area contributed by atoms with Gasteiger partial charge in [-0.3, -0.25) is 9.59 Å². The summed E-state index contributed by atoms with van der Waals surface area (Å²) < 4.78 is 5.98. The van der Waals surface area contributed by atoms with Crippen molar-refractivity contribution in [3.05, 3.63) is 40.9 Å². The highest BCUT2D eigenvalue weighted by Crippen LogP contribution is 2.57. The van der Waals surface area contributed by atoms with Crippen LogP contribution in [0.15, 0.2) is 30.4 Å². The van der Waals surface area contributed by atoms with Crippen LogP contribution in [0.3, 0.4) is 0 Å². The quantitative estimate of drug-likeness (QED) is 0.591. The molecule has 0 aromatic heterocycles. The smallest absolute Gasteiger partial charge is 0.241 e. The number of imide groups is 1. The number of carbonyl (C=O) groups is 2. The van der Waals surface area contributed by atoms with Crippen molar-refractivity contribution in [3.8, 4) is 0 Å². The molecule has 5 heteroatoms. The van der Waals surface area contributed by atoms with Gasteiger partial charge in [0.1, 0.15) is 0 Å². The summed E-state index contributed by atoms with van der Waals surface area (Å²) in [7, 11) is 0. The molecule has 22 heavy (non-hydrogen) atoms. The first-order valence-corrected chi connectivity index (χ1v) is 7.69. The molecule has 3 aliphatic heterocycles. The molecule has 0 aliphatic carbocycles. The minimum atomic E-state index is -0.699. The van der Waals surface area contributed by atoms with E-state index in [0.29, 0.717) is 10.7 Å². The Bertz CT molecular complexity index is 722. The van der Waals surface area contributed by atoms with Gasteiger partial charge in [0.25, 0.3) is 0 Å². The normalized spacial score (nSPS) is 39.0. The van der Waals surface area contributed by atoms with Gasteiger partial charge in [-0.15, -0.1) is 0 Å². The van der Waals surface area contributed by atoms with E-state index in [1.54, 1.807) is 12.1 Å². The van der Waals surface area contributed by atoms with Crippen molar-refractivity contribution in [2.24, 2.45) is 11.8 Å². The number of carbonyl (C=O) groups excluding carboxylic acids is 2. The number of fused-ring (bicyclic) bond motifs is 5. The fourth-order valence-corrected chi connectivity index (χ4v) is 4.18. The third-order valence-corrected chi connectivity index (χ3v) is 5.55. The van der Waals surface area contributed by atoms with Gasteiger partial charge in [-0.1, -0.05) is 29.8 Å². The molecule has 0 radical (unpaired) electrons. The van der Waals surface area contributed by atoms with Crippen molar-refractivity contribution < 1.29 is 14.3 Å². The summed E-state index contributed by atoms with van der Waals surface area (Å²) in [5, 5.41) is 0.546. The number of hydrogen-bond donors (Lipinski definition) is 0. The molecule has 2 saturated heterocycles. The van der Waals surface area contributed by atoms with Gasteiger partial charge in [0, 0.05) is 5.02 Å². The van der Waals surface area contributed by atoms with Crippen LogP contribution in [0, 0.1) is 18.8 Å². The highest BCUT2D eigenvalue weighted by Gasteiger charge is 2.70. The second-order valence-corrected chi connectivity index (χ2v) is 7.11. The van der Waals surface area contributed by atoms with Gasteiger partial charge >= 0.3 is 0 Å². The van der Waals surface area contributed by atoms with E-state index in [4.69, 9.17) is 16.3 Å². The van der Waals surface area contributed by atoms with Gasteiger partial charge in [0.2, 0.25) is 11.8 Å². The summed E-state index contributed by atoms with van der Waals surface area (Å²) in [5.41, 5.74) is 0.0467. The van der Waals surface area contributed by atoms with Crippen LogP contribution < -0.4 is 4.90 Å². The lowest BCUT2D eigenvalue weighted by atomic mass is 9.73. The average molecular weight is 318 g/mol. The van der Waals surface area contributed by atoms with Crippen LogP contribution in [0.2, 0.25) is 5.02 Å². The van der Waals surface area contributed by atoms with Gasteiger partial charge in [0.05, 0.1) is 28.7 Å². The zero-order valence-electron chi connectivity index (χ0n) is 12.6. The molecule has 2 fully saturated rings. The van der Waals surface area contributed by atoms with Crippen LogP contribution >= 0.6 is 11.6 Å². The topological polar surface area (TPSA) is 46.6 Å². The van der Waals surface area contributed by atoms with Gasteiger partial charge < -0.3 is 4.74 Å². The van der Waals surface area contributed by atoms with Crippen LogP contribution in [-0.2, 0) is 14.3 Å². The Balaban J connectivity index is 1.81. The Kier molecular flexibility index (Phi) is 2.54. The molecule has 1 aromatic rings. The van der Waals surface area contributed by atoms with E-state index in [1.165, 1.54) is 4.90 Å². The van der Waals surface area contributed by atoms with Gasteiger partial charge in [-0.05, 0) is 38.5 Å². The third kappa shape index (κ3) is 1.52. The molecule has 0 spiro atoms. The summed E-state index contributed by atoms with van der Waals surface area (Å²) in [6.07, 6.45) is 3.82. The first-order chi connectivity index (χ1) is 10.3. The lowest BCUT2D eigenvalue weighted by Crippen LogP contribution is -2.39. The third-order valence-electron chi connectivity index (χ3n) is 5.14. The van der Waals surface area contributed by atoms with Crippen LogP contribution in [0.25, 0.3) is 0 Å². The van der Waals surface area contributed by atoms with Crippen molar-refractivity contribution in [3.63, 3.8) is 0 Å². The number of benzene rings is 1. The molecule has 4 nitrogen and oxygen atoms in total. The SMILES string of the molecule is Cc1ccc(N2C(=O)[C@@H]3[C@H](C2=O)[C@@]2(C)C=C[C@@]3(C)O2)cc1Cl. The molecule has 4 atom stereocenters. The number of rotatable bonds is 1. The monoisotopic (exact) mass is 317 g/mol. The second-order valence-electron chi connectivity index (χ2n) is 6.70. The summed E-state index contributed by atoms with van der Waals surface area (Å²) in [4.78, 5) is 27.0. The van der Waals surface area contributed by atoms with Gasteiger partial charge in [-0.25, -0.2) is 4.90 Å². The molecule has 3 aliphatic rings. The van der Waals surface area contributed by atoms with Crippen molar-refractivity contribution in [1.29, 1.82) is 0 Å².